The molecule has 0 fully saturated rings. The van der Waals surface area contributed by atoms with Gasteiger partial charge in [-0.1, -0.05) is 0 Å². The monoisotopic (exact) mass is 261 g/mol. The molecule has 0 amide bonds. The molecular formula is C9H15N3O4S. The Morgan fingerprint density at radius 3 is 2.65 bits per heavy atom. The molecule has 8 heteroatoms. The number of nitrogens with one attached hydrogen (secondary N) is 1. The molecule has 2 unspecified atom stereocenters. The van der Waals surface area contributed by atoms with Gasteiger partial charge in [-0.15, -0.1) is 0 Å². The lowest BCUT2D eigenvalue weighted by atomic mass is 10.4. The van der Waals surface area contributed by atoms with Gasteiger partial charge in [-0.2, -0.15) is 5.10 Å². The number of sulfonamides is 1. The minimum atomic E-state index is -3.85. The average molecular weight is 261 g/mol. The van der Waals surface area contributed by atoms with Crippen LogP contribution in [0.15, 0.2) is 18.5 Å². The standard InChI is InChI=1S/C9H15N3O4S/c1-7(6-12-5-3-4-10-12)11-17(15,16)8(2)9(13)14/h3-5,7-8,11H,6H2,1-2H3,(H,13,14). The average Bonchev–Trinajstić information content (AvgIpc) is 2.67. The van der Waals surface area contributed by atoms with Gasteiger partial charge in [0.05, 0.1) is 6.54 Å². The van der Waals surface area contributed by atoms with Gasteiger partial charge in [0.1, 0.15) is 0 Å². The van der Waals surface area contributed by atoms with E-state index in [2.05, 4.69) is 9.82 Å². The van der Waals surface area contributed by atoms with Crippen LogP contribution in [0, 0.1) is 0 Å². The summed E-state index contributed by atoms with van der Waals surface area (Å²) in [5.74, 6) is -1.37. The lowest BCUT2D eigenvalue weighted by Gasteiger charge is -2.16. The van der Waals surface area contributed by atoms with E-state index >= 15 is 0 Å². The second-order valence-electron chi connectivity index (χ2n) is 3.77. The molecule has 0 bridgehead atoms. The van der Waals surface area contributed by atoms with Gasteiger partial charge in [0.2, 0.25) is 10.0 Å². The van der Waals surface area contributed by atoms with E-state index in [0.717, 1.165) is 6.92 Å². The quantitative estimate of drug-likeness (QED) is 0.729. The third-order valence-electron chi connectivity index (χ3n) is 2.20. The van der Waals surface area contributed by atoms with Crippen LogP contribution in [0.25, 0.3) is 0 Å². The van der Waals surface area contributed by atoms with Crippen molar-refractivity contribution >= 4 is 16.0 Å². The first-order valence-electron chi connectivity index (χ1n) is 5.04. The Hall–Kier alpha value is -1.41. The number of hydrogen-bond donors (Lipinski definition) is 2. The van der Waals surface area contributed by atoms with Crippen LogP contribution >= 0.6 is 0 Å². The number of nitrogens with zero attached hydrogens (tertiary/aromatic N) is 2. The summed E-state index contributed by atoms with van der Waals surface area (Å²) >= 11 is 0. The van der Waals surface area contributed by atoms with Crippen molar-refractivity contribution in [1.82, 2.24) is 14.5 Å². The van der Waals surface area contributed by atoms with Crippen molar-refractivity contribution in [1.29, 1.82) is 0 Å². The van der Waals surface area contributed by atoms with Crippen LogP contribution < -0.4 is 4.72 Å². The second-order valence-corrected chi connectivity index (χ2v) is 5.81. The van der Waals surface area contributed by atoms with Crippen molar-refractivity contribution in [2.24, 2.45) is 0 Å². The number of hydrogen-bond acceptors (Lipinski definition) is 4. The highest BCUT2D eigenvalue weighted by molar-refractivity contribution is 7.90. The zero-order valence-electron chi connectivity index (χ0n) is 9.57. The fraction of sp³-hybridized carbons (Fsp3) is 0.556. The highest BCUT2D eigenvalue weighted by Gasteiger charge is 2.28. The lowest BCUT2D eigenvalue weighted by molar-refractivity contribution is -0.136. The number of carbonyl (C=O) groups is 1. The molecule has 0 aliphatic carbocycles. The molecule has 0 aliphatic rings. The lowest BCUT2D eigenvalue weighted by Crippen LogP contribution is -2.43. The van der Waals surface area contributed by atoms with Crippen LogP contribution in [0.5, 0.6) is 0 Å². The highest BCUT2D eigenvalue weighted by Crippen LogP contribution is 2.01. The molecule has 0 aliphatic heterocycles. The number of aliphatic carboxylic acids is 1. The maximum absolute atomic E-state index is 11.6. The van der Waals surface area contributed by atoms with Crippen LogP contribution in [-0.4, -0.2) is 40.6 Å². The van der Waals surface area contributed by atoms with Crippen LogP contribution in [0.2, 0.25) is 0 Å². The summed E-state index contributed by atoms with van der Waals surface area (Å²) in [6, 6.07) is 1.29. The van der Waals surface area contributed by atoms with E-state index in [9.17, 15) is 13.2 Å². The van der Waals surface area contributed by atoms with E-state index in [-0.39, 0.29) is 0 Å². The Bertz CT molecular complexity index is 468. The summed E-state index contributed by atoms with van der Waals surface area (Å²) in [6.45, 7) is 3.12. The number of aromatic nitrogens is 2. The molecule has 96 valence electrons. The molecule has 0 saturated heterocycles. The molecule has 1 aromatic rings. The topological polar surface area (TPSA) is 101 Å². The van der Waals surface area contributed by atoms with Crippen molar-refractivity contribution in [3.8, 4) is 0 Å². The Balaban J connectivity index is 2.62. The Labute approximate surface area is 99.5 Å². The molecule has 1 rings (SSSR count). The normalized spacial score (nSPS) is 15.4. The summed E-state index contributed by atoms with van der Waals surface area (Å²) in [4.78, 5) is 10.6. The molecule has 0 saturated carbocycles. The Morgan fingerprint density at radius 1 is 1.53 bits per heavy atom. The van der Waals surface area contributed by atoms with E-state index in [1.165, 1.54) is 0 Å². The fourth-order valence-electron chi connectivity index (χ4n) is 1.24. The molecule has 1 heterocycles. The minimum absolute atomic E-state index is 0.346. The molecule has 0 spiro atoms. The van der Waals surface area contributed by atoms with Crippen LogP contribution in [0.1, 0.15) is 13.8 Å². The molecule has 2 atom stereocenters. The SMILES string of the molecule is CC(Cn1cccn1)NS(=O)(=O)C(C)C(=O)O. The minimum Gasteiger partial charge on any atom is -0.480 e. The molecule has 2 N–H and O–H groups in total. The number of rotatable bonds is 6. The first-order chi connectivity index (χ1) is 7.83. The zero-order valence-corrected chi connectivity index (χ0v) is 10.4. The summed E-state index contributed by atoms with van der Waals surface area (Å²) in [6.07, 6.45) is 3.28. The Kier molecular flexibility index (Phi) is 4.24. The molecule has 1 aromatic heterocycles. The number of carboxylic acids is 1. The predicted octanol–water partition coefficient (Wildman–Crippen LogP) is -0.336. The van der Waals surface area contributed by atoms with Gasteiger partial charge < -0.3 is 5.11 Å². The van der Waals surface area contributed by atoms with Gasteiger partial charge in [0.15, 0.2) is 5.25 Å². The largest absolute Gasteiger partial charge is 0.480 e. The van der Waals surface area contributed by atoms with Gasteiger partial charge in [0.25, 0.3) is 0 Å². The van der Waals surface area contributed by atoms with Gasteiger partial charge in [0, 0.05) is 18.4 Å². The van der Waals surface area contributed by atoms with Crippen LogP contribution in [0.4, 0.5) is 0 Å². The van der Waals surface area contributed by atoms with E-state index in [4.69, 9.17) is 5.11 Å². The highest BCUT2D eigenvalue weighted by atomic mass is 32.2. The van der Waals surface area contributed by atoms with Crippen LogP contribution in [0.3, 0.4) is 0 Å². The van der Waals surface area contributed by atoms with Crippen molar-refractivity contribution in [2.45, 2.75) is 31.7 Å². The van der Waals surface area contributed by atoms with Crippen molar-refractivity contribution in [3.63, 3.8) is 0 Å². The van der Waals surface area contributed by atoms with Gasteiger partial charge in [-0.25, -0.2) is 13.1 Å². The molecule has 7 nitrogen and oxygen atoms in total. The van der Waals surface area contributed by atoms with Crippen molar-refractivity contribution < 1.29 is 18.3 Å². The van der Waals surface area contributed by atoms with Gasteiger partial charge in [-0.05, 0) is 19.9 Å². The van der Waals surface area contributed by atoms with Gasteiger partial charge in [-0.3, -0.25) is 9.48 Å². The smallest absolute Gasteiger partial charge is 0.323 e. The predicted molar refractivity (Wildman–Crippen MR) is 60.8 cm³/mol. The van der Waals surface area contributed by atoms with Crippen molar-refractivity contribution in [2.75, 3.05) is 0 Å². The Morgan fingerprint density at radius 2 is 2.18 bits per heavy atom. The molecular weight excluding hydrogens is 246 g/mol. The molecule has 0 radical (unpaired) electrons. The first-order valence-corrected chi connectivity index (χ1v) is 6.59. The summed E-state index contributed by atoms with van der Waals surface area (Å²) in [5.41, 5.74) is 0. The molecule has 0 aromatic carbocycles. The first kappa shape index (κ1) is 13.7. The number of carboxylic acid groups (broad SMARTS) is 1. The maximum atomic E-state index is 11.6. The van der Waals surface area contributed by atoms with Crippen molar-refractivity contribution in [3.05, 3.63) is 18.5 Å². The second kappa shape index (κ2) is 5.28. The summed E-state index contributed by atoms with van der Waals surface area (Å²) in [5, 5.41) is 11.1. The summed E-state index contributed by atoms with van der Waals surface area (Å²) in [7, 11) is -3.85. The third-order valence-corrected chi connectivity index (χ3v) is 4.06. The van der Waals surface area contributed by atoms with E-state index in [1.807, 2.05) is 0 Å². The summed E-state index contributed by atoms with van der Waals surface area (Å²) < 4.78 is 27.1. The van der Waals surface area contributed by atoms with E-state index in [0.29, 0.717) is 6.54 Å². The van der Waals surface area contributed by atoms with E-state index < -0.39 is 27.3 Å². The van der Waals surface area contributed by atoms with Gasteiger partial charge >= 0.3 is 5.97 Å². The third kappa shape index (κ3) is 3.82. The van der Waals surface area contributed by atoms with Crippen LogP contribution in [-0.2, 0) is 21.4 Å². The maximum Gasteiger partial charge on any atom is 0.323 e. The molecule has 17 heavy (non-hydrogen) atoms. The zero-order chi connectivity index (χ0) is 13.1. The van der Waals surface area contributed by atoms with E-state index in [1.54, 1.807) is 30.1 Å². The fourth-order valence-corrected chi connectivity index (χ4v) is 2.35.